The number of alkyl halides is 5. The quantitative estimate of drug-likeness (QED) is 0.162. The third-order valence-electron chi connectivity index (χ3n) is 8.99. The summed E-state index contributed by atoms with van der Waals surface area (Å²) in [5.74, 6) is 1.44. The van der Waals surface area contributed by atoms with E-state index in [0.29, 0.717) is 55.4 Å². The third-order valence-corrected chi connectivity index (χ3v) is 10.5. The van der Waals surface area contributed by atoms with Crippen molar-refractivity contribution in [2.75, 3.05) is 26.2 Å². The van der Waals surface area contributed by atoms with Crippen LogP contribution in [0.3, 0.4) is 0 Å². The van der Waals surface area contributed by atoms with Gasteiger partial charge in [-0.05, 0) is 67.4 Å². The first-order chi connectivity index (χ1) is 22.9. The van der Waals surface area contributed by atoms with E-state index in [4.69, 9.17) is 28.3 Å². The number of nitrogens with one attached hydrogen (secondary N) is 1. The van der Waals surface area contributed by atoms with Gasteiger partial charge < -0.3 is 0 Å². The molecule has 250 valence electrons. The molecule has 2 atom stereocenters. The van der Waals surface area contributed by atoms with Gasteiger partial charge in [-0.3, -0.25) is 15.1 Å². The van der Waals surface area contributed by atoms with E-state index in [1.807, 2.05) is 16.0 Å². The Hall–Kier alpha value is -3.47. The number of nitrogens with zero attached hydrogens (tertiary/aromatic N) is 4. The molecule has 3 aliphatic rings. The monoisotopic (exact) mass is 719 g/mol. The Morgan fingerprint density at radius 2 is 1.69 bits per heavy atom. The Morgan fingerprint density at radius 3 is 2.35 bits per heavy atom. The summed E-state index contributed by atoms with van der Waals surface area (Å²) in [4.78, 5) is 17.1. The number of hydrazine groups is 1. The van der Waals surface area contributed by atoms with Crippen LogP contribution in [0, 0.1) is 23.7 Å². The number of fused-ring (bicyclic) bond motifs is 1. The van der Waals surface area contributed by atoms with E-state index >= 15 is 0 Å². The van der Waals surface area contributed by atoms with Crippen molar-refractivity contribution in [3.8, 4) is 28.1 Å². The first kappa shape index (κ1) is 33.0. The second-order valence-corrected chi connectivity index (χ2v) is 14.2. The number of benzene rings is 2. The number of rotatable bonds is 6. The third kappa shape index (κ3) is 6.59. The molecule has 1 saturated carbocycles. The smallest absolute Gasteiger partial charge is 0.298 e. The molecule has 2 aromatic carbocycles. The number of hydrogen-bond donors (Lipinski definition) is 1. The van der Waals surface area contributed by atoms with Gasteiger partial charge in [-0.1, -0.05) is 41.5 Å². The zero-order valence-corrected chi connectivity index (χ0v) is 27.6. The number of carbonyl (C=O) groups is 1. The number of aromatic nitrogens is 2. The summed E-state index contributed by atoms with van der Waals surface area (Å²) in [5.41, 5.74) is 4.39. The maximum absolute atomic E-state index is 14.1. The van der Waals surface area contributed by atoms with Gasteiger partial charge in [0.25, 0.3) is 11.8 Å². The van der Waals surface area contributed by atoms with Gasteiger partial charge in [-0.15, -0.1) is 11.3 Å². The molecule has 1 N–H and O–H groups in total. The van der Waals surface area contributed by atoms with E-state index < -0.39 is 35.4 Å². The number of halogens is 7. The number of likely N-dealkylation sites (tertiary alicyclic amines) is 1. The molecule has 7 rings (SSSR count). The fraction of sp³-hybridized carbons (Fsp3) is 0.353. The highest BCUT2D eigenvalue weighted by molar-refractivity contribution is 7.16. The average Bonchev–Trinajstić information content (AvgIpc) is 3.58. The first-order valence-corrected chi connectivity index (χ1v) is 17.0. The Balaban J connectivity index is 1.29. The van der Waals surface area contributed by atoms with Crippen molar-refractivity contribution in [3.63, 3.8) is 0 Å². The van der Waals surface area contributed by atoms with Crippen LogP contribution in [-0.4, -0.2) is 57.7 Å². The normalized spacial score (nSPS) is 20.6. The molecule has 0 radical (unpaired) electrons. The minimum Gasteiger partial charge on any atom is -0.298 e. The second kappa shape index (κ2) is 12.8. The summed E-state index contributed by atoms with van der Waals surface area (Å²) in [7, 11) is 0. The van der Waals surface area contributed by atoms with Crippen molar-refractivity contribution < 1.29 is 26.7 Å². The molecule has 2 saturated heterocycles. The summed E-state index contributed by atoms with van der Waals surface area (Å²) < 4.78 is 68.9. The van der Waals surface area contributed by atoms with Crippen LogP contribution >= 0.6 is 34.5 Å². The summed E-state index contributed by atoms with van der Waals surface area (Å²) in [5, 5.41) is 7.37. The van der Waals surface area contributed by atoms with Gasteiger partial charge in [0.2, 0.25) is 0 Å². The lowest BCUT2D eigenvalue weighted by molar-refractivity contribution is -0.137. The van der Waals surface area contributed by atoms with Crippen LogP contribution in [0.2, 0.25) is 10.0 Å². The van der Waals surface area contributed by atoms with Crippen LogP contribution in [0.25, 0.3) is 16.3 Å². The summed E-state index contributed by atoms with van der Waals surface area (Å²) >= 11 is 14.2. The van der Waals surface area contributed by atoms with Gasteiger partial charge in [-0.2, -0.15) is 18.3 Å². The lowest BCUT2D eigenvalue weighted by atomic mass is 10.1. The summed E-state index contributed by atoms with van der Waals surface area (Å²) in [6, 6.07) is 13.1. The van der Waals surface area contributed by atoms with Gasteiger partial charge >= 0.3 is 6.18 Å². The maximum Gasteiger partial charge on any atom is 0.416 e. The molecule has 6 nitrogen and oxygen atoms in total. The van der Waals surface area contributed by atoms with Gasteiger partial charge in [-0.25, -0.2) is 18.5 Å². The van der Waals surface area contributed by atoms with Crippen LogP contribution in [-0.2, 0) is 12.7 Å². The van der Waals surface area contributed by atoms with Crippen molar-refractivity contribution in [3.05, 3.63) is 91.9 Å². The summed E-state index contributed by atoms with van der Waals surface area (Å²) in [6.45, 7) is 2.01. The average molecular weight is 721 g/mol. The fourth-order valence-corrected chi connectivity index (χ4v) is 7.82. The van der Waals surface area contributed by atoms with Crippen LogP contribution < -0.4 is 5.43 Å². The molecule has 4 aromatic rings. The van der Waals surface area contributed by atoms with Crippen LogP contribution in [0.1, 0.15) is 51.3 Å². The zero-order chi connectivity index (χ0) is 33.8. The first-order valence-electron chi connectivity index (χ1n) is 15.4. The molecule has 0 spiro atoms. The molecular formula is C34H28Cl2F5N5OS. The SMILES string of the molecule is O=C(NN1CCCCC1)c1nn(-c2ccc(Cl)cc2Cl)c(-c2ccc(C#Cc3ccc(C(F)(F)F)cc3)s2)c1CN1CC2C(C1)C2(F)F. The van der Waals surface area contributed by atoms with Crippen molar-refractivity contribution in [2.24, 2.45) is 11.8 Å². The van der Waals surface area contributed by atoms with Gasteiger partial charge in [0.15, 0.2) is 5.69 Å². The predicted molar refractivity (Wildman–Crippen MR) is 174 cm³/mol. The minimum absolute atomic E-state index is 0.153. The Morgan fingerprint density at radius 1 is 0.979 bits per heavy atom. The topological polar surface area (TPSA) is 53.4 Å². The Kier molecular flexibility index (Phi) is 8.79. The van der Waals surface area contributed by atoms with Gasteiger partial charge in [0.05, 0.1) is 31.7 Å². The molecule has 2 aliphatic heterocycles. The summed E-state index contributed by atoms with van der Waals surface area (Å²) in [6.07, 6.45) is -1.47. The standard InChI is InChI=1S/C34H28Cl2F5N5OS/c35-22-9-12-28(27(36)16-22)46-31(29-13-11-23(48-29)10-6-20-4-7-21(8-5-20)34(39,40)41)24(17-44-18-25-26(19-44)33(25,37)38)30(42-46)32(47)43-45-14-2-1-3-15-45/h4-5,7-9,11-13,16,25-26H,1-3,14-15,17-19H2,(H,43,47). The highest BCUT2D eigenvalue weighted by Gasteiger charge is 2.71. The molecule has 1 amide bonds. The van der Waals surface area contributed by atoms with E-state index in [1.165, 1.54) is 23.5 Å². The predicted octanol–water partition coefficient (Wildman–Crippen LogP) is 8.15. The highest BCUT2D eigenvalue weighted by Crippen LogP contribution is 2.59. The van der Waals surface area contributed by atoms with Crippen molar-refractivity contribution in [2.45, 2.75) is 37.9 Å². The van der Waals surface area contributed by atoms with E-state index in [9.17, 15) is 26.7 Å². The molecule has 4 heterocycles. The van der Waals surface area contributed by atoms with Gasteiger partial charge in [0.1, 0.15) is 0 Å². The van der Waals surface area contributed by atoms with E-state index in [2.05, 4.69) is 17.3 Å². The number of thiophene rings is 1. The fourth-order valence-electron chi connectivity index (χ4n) is 6.42. The molecule has 14 heteroatoms. The van der Waals surface area contributed by atoms with E-state index in [-0.39, 0.29) is 25.3 Å². The molecular weight excluding hydrogens is 692 g/mol. The molecule has 48 heavy (non-hydrogen) atoms. The molecule has 2 aromatic heterocycles. The number of amides is 1. The van der Waals surface area contributed by atoms with E-state index in [1.54, 1.807) is 28.9 Å². The minimum atomic E-state index is -4.44. The van der Waals surface area contributed by atoms with Crippen molar-refractivity contribution >= 4 is 40.4 Å². The van der Waals surface area contributed by atoms with Crippen LogP contribution in [0.4, 0.5) is 22.0 Å². The highest BCUT2D eigenvalue weighted by atomic mass is 35.5. The molecule has 3 fully saturated rings. The van der Waals surface area contributed by atoms with E-state index in [0.717, 1.165) is 31.4 Å². The second-order valence-electron chi connectivity index (χ2n) is 12.2. The van der Waals surface area contributed by atoms with Crippen molar-refractivity contribution in [1.82, 2.24) is 25.1 Å². The molecule has 1 aliphatic carbocycles. The lowest BCUT2D eigenvalue weighted by Gasteiger charge is -2.26. The number of hydrogen-bond acceptors (Lipinski definition) is 5. The lowest BCUT2D eigenvalue weighted by Crippen LogP contribution is -2.45. The number of carbonyl (C=O) groups excluding carboxylic acids is 1. The van der Waals surface area contributed by atoms with Crippen molar-refractivity contribution in [1.29, 1.82) is 0 Å². The Bertz CT molecular complexity index is 1910. The Labute approximate surface area is 287 Å². The molecule has 0 bridgehead atoms. The van der Waals surface area contributed by atoms with Crippen LogP contribution in [0.15, 0.2) is 54.6 Å². The van der Waals surface area contributed by atoms with Gasteiger partial charge in [0, 0.05) is 60.7 Å². The maximum atomic E-state index is 14.1. The number of piperidine rings is 2. The largest absolute Gasteiger partial charge is 0.416 e. The zero-order valence-electron chi connectivity index (χ0n) is 25.3. The molecule has 2 unspecified atom stereocenters. The van der Waals surface area contributed by atoms with Crippen LogP contribution in [0.5, 0.6) is 0 Å².